The Morgan fingerprint density at radius 1 is 0.500 bits per heavy atom. The van der Waals surface area contributed by atoms with Crippen molar-refractivity contribution in [1.29, 1.82) is 0 Å². The Morgan fingerprint density at radius 2 is 1.22 bits per heavy atom. The summed E-state index contributed by atoms with van der Waals surface area (Å²) in [6, 6.07) is 51.9. The topological polar surface area (TPSA) is 0 Å². The SMILES string of the molecule is C1=Cc2cc(-c3cccc(-c4c5c(c(-c6ccc7ccccc7c6)c6ccccc46)CC(c4ccccc4)C=C5)c3)ccc2CC1. The first-order chi connectivity index (χ1) is 22.8. The van der Waals surface area contributed by atoms with E-state index in [4.69, 9.17) is 0 Å². The molecule has 0 N–H and O–H groups in total. The van der Waals surface area contributed by atoms with Crippen molar-refractivity contribution >= 4 is 33.7 Å². The molecule has 0 saturated heterocycles. The third-order valence-electron chi connectivity index (χ3n) is 10.1. The van der Waals surface area contributed by atoms with Gasteiger partial charge in [0.05, 0.1) is 0 Å². The minimum absolute atomic E-state index is 0.330. The Hall–Kier alpha value is -5.46. The monoisotopic (exact) mass is 586 g/mol. The van der Waals surface area contributed by atoms with Crippen LogP contribution in [0.15, 0.2) is 152 Å². The normalized spacial score (nSPS) is 15.2. The van der Waals surface area contributed by atoms with Crippen LogP contribution in [0.5, 0.6) is 0 Å². The van der Waals surface area contributed by atoms with Gasteiger partial charge in [-0.25, -0.2) is 0 Å². The highest BCUT2D eigenvalue weighted by atomic mass is 14.3. The van der Waals surface area contributed by atoms with Crippen molar-refractivity contribution in [1.82, 2.24) is 0 Å². The van der Waals surface area contributed by atoms with Gasteiger partial charge in [0.25, 0.3) is 0 Å². The molecule has 7 aromatic carbocycles. The summed E-state index contributed by atoms with van der Waals surface area (Å²) in [4.78, 5) is 0. The van der Waals surface area contributed by atoms with Crippen LogP contribution in [0.2, 0.25) is 0 Å². The third kappa shape index (κ3) is 4.61. The van der Waals surface area contributed by atoms with Gasteiger partial charge in [-0.3, -0.25) is 0 Å². The van der Waals surface area contributed by atoms with Gasteiger partial charge in [-0.05, 0) is 120 Å². The van der Waals surface area contributed by atoms with E-state index in [9.17, 15) is 0 Å². The molecule has 0 radical (unpaired) electrons. The van der Waals surface area contributed by atoms with Gasteiger partial charge >= 0.3 is 0 Å². The summed E-state index contributed by atoms with van der Waals surface area (Å²) in [6.45, 7) is 0. The summed E-state index contributed by atoms with van der Waals surface area (Å²) in [7, 11) is 0. The molecule has 218 valence electrons. The van der Waals surface area contributed by atoms with Crippen molar-refractivity contribution in [2.24, 2.45) is 0 Å². The second-order valence-corrected chi connectivity index (χ2v) is 12.8. The van der Waals surface area contributed by atoms with Crippen molar-refractivity contribution in [3.8, 4) is 33.4 Å². The lowest BCUT2D eigenvalue weighted by molar-refractivity contribution is 0.830. The maximum Gasteiger partial charge on any atom is 0.00621 e. The minimum Gasteiger partial charge on any atom is -0.0836 e. The molecule has 2 aliphatic carbocycles. The van der Waals surface area contributed by atoms with Crippen LogP contribution in [0.4, 0.5) is 0 Å². The van der Waals surface area contributed by atoms with E-state index in [1.54, 1.807) is 0 Å². The number of fused-ring (bicyclic) bond motifs is 4. The predicted octanol–water partition coefficient (Wildman–Crippen LogP) is 12.3. The van der Waals surface area contributed by atoms with Crippen LogP contribution in [0.25, 0.3) is 67.1 Å². The van der Waals surface area contributed by atoms with E-state index < -0.39 is 0 Å². The zero-order valence-corrected chi connectivity index (χ0v) is 25.8. The quantitative estimate of drug-likeness (QED) is 0.192. The van der Waals surface area contributed by atoms with Gasteiger partial charge in [-0.1, -0.05) is 146 Å². The first-order valence-electron chi connectivity index (χ1n) is 16.5. The van der Waals surface area contributed by atoms with Crippen molar-refractivity contribution in [3.05, 3.63) is 179 Å². The Bertz CT molecular complexity index is 2330. The van der Waals surface area contributed by atoms with Gasteiger partial charge in [0, 0.05) is 5.92 Å². The number of rotatable bonds is 4. The molecule has 0 fully saturated rings. The predicted molar refractivity (Wildman–Crippen MR) is 197 cm³/mol. The van der Waals surface area contributed by atoms with Gasteiger partial charge in [-0.2, -0.15) is 0 Å². The Labute approximate surface area is 271 Å². The van der Waals surface area contributed by atoms with E-state index in [0.717, 1.165) is 19.3 Å². The number of benzene rings is 7. The maximum absolute atomic E-state index is 2.43. The molecule has 0 saturated carbocycles. The standard InChI is InChI=1S/C46H34/c1-2-11-31(12-3-1)38-25-26-43-44(30-38)46(40-24-22-33-14-5-7-16-35(33)28-40)42-20-9-8-19-41(42)45(43)39-18-10-17-36(29-39)37-23-21-32-13-4-6-15-34(32)27-37/h1-3,5-12,14-29,38H,4,13,30H2. The lowest BCUT2D eigenvalue weighted by atomic mass is 9.76. The van der Waals surface area contributed by atoms with Crippen LogP contribution in [-0.2, 0) is 12.8 Å². The molecule has 46 heavy (non-hydrogen) atoms. The van der Waals surface area contributed by atoms with Crippen molar-refractivity contribution < 1.29 is 0 Å². The summed E-state index contributed by atoms with van der Waals surface area (Å²) in [5.74, 6) is 0.330. The average molecular weight is 587 g/mol. The van der Waals surface area contributed by atoms with E-state index in [-0.39, 0.29) is 0 Å². The maximum atomic E-state index is 2.43. The molecule has 0 aliphatic heterocycles. The number of allylic oxidation sites excluding steroid dienone is 2. The fraction of sp³-hybridized carbons (Fsp3) is 0.0870. The summed E-state index contributed by atoms with van der Waals surface area (Å²) < 4.78 is 0. The third-order valence-corrected chi connectivity index (χ3v) is 10.1. The van der Waals surface area contributed by atoms with Gasteiger partial charge < -0.3 is 0 Å². The van der Waals surface area contributed by atoms with E-state index >= 15 is 0 Å². The molecular weight excluding hydrogens is 553 g/mol. The van der Waals surface area contributed by atoms with Crippen molar-refractivity contribution in [2.75, 3.05) is 0 Å². The number of hydrogen-bond acceptors (Lipinski definition) is 0. The van der Waals surface area contributed by atoms with Crippen LogP contribution in [-0.4, -0.2) is 0 Å². The van der Waals surface area contributed by atoms with E-state index in [0.29, 0.717) is 5.92 Å². The second-order valence-electron chi connectivity index (χ2n) is 12.8. The average Bonchev–Trinajstić information content (AvgIpc) is 3.13. The largest absolute Gasteiger partial charge is 0.0836 e. The zero-order valence-electron chi connectivity index (χ0n) is 25.8. The molecule has 9 rings (SSSR count). The highest BCUT2D eigenvalue weighted by molar-refractivity contribution is 6.11. The highest BCUT2D eigenvalue weighted by Gasteiger charge is 2.25. The Balaban J connectivity index is 1.28. The summed E-state index contributed by atoms with van der Waals surface area (Å²) >= 11 is 0. The fourth-order valence-electron chi connectivity index (χ4n) is 7.78. The molecule has 1 atom stereocenters. The highest BCUT2D eigenvalue weighted by Crippen LogP contribution is 2.47. The smallest absolute Gasteiger partial charge is 0.00621 e. The molecule has 0 bridgehead atoms. The molecular formula is C46H34. The lowest BCUT2D eigenvalue weighted by Crippen LogP contribution is -2.09. The first-order valence-corrected chi connectivity index (χ1v) is 16.5. The van der Waals surface area contributed by atoms with Crippen molar-refractivity contribution in [2.45, 2.75) is 25.2 Å². The van der Waals surface area contributed by atoms with Crippen LogP contribution >= 0.6 is 0 Å². The molecule has 1 unspecified atom stereocenters. The van der Waals surface area contributed by atoms with Gasteiger partial charge in [0.1, 0.15) is 0 Å². The molecule has 0 nitrogen and oxygen atoms in total. The number of hydrogen-bond donors (Lipinski definition) is 0. The molecule has 0 heteroatoms. The first kappa shape index (κ1) is 26.9. The van der Waals surface area contributed by atoms with Gasteiger partial charge in [-0.15, -0.1) is 0 Å². The fourth-order valence-corrected chi connectivity index (χ4v) is 7.78. The van der Waals surface area contributed by atoms with E-state index in [1.165, 1.54) is 82.7 Å². The molecule has 0 aromatic heterocycles. The second kappa shape index (κ2) is 11.2. The Kier molecular flexibility index (Phi) is 6.53. The van der Waals surface area contributed by atoms with Crippen LogP contribution in [0.1, 0.15) is 40.2 Å². The molecule has 7 aromatic rings. The van der Waals surface area contributed by atoms with Crippen LogP contribution in [0, 0.1) is 0 Å². The zero-order chi connectivity index (χ0) is 30.5. The summed E-state index contributed by atoms with van der Waals surface area (Å²) in [6.07, 6.45) is 12.7. The summed E-state index contributed by atoms with van der Waals surface area (Å²) in [5.41, 5.74) is 14.7. The van der Waals surface area contributed by atoms with E-state index in [1.807, 2.05) is 0 Å². The summed E-state index contributed by atoms with van der Waals surface area (Å²) in [5, 5.41) is 5.17. The Morgan fingerprint density at radius 3 is 2.11 bits per heavy atom. The van der Waals surface area contributed by atoms with Crippen LogP contribution < -0.4 is 0 Å². The van der Waals surface area contributed by atoms with Crippen molar-refractivity contribution in [3.63, 3.8) is 0 Å². The molecule has 0 heterocycles. The minimum atomic E-state index is 0.330. The number of aryl methyl sites for hydroxylation is 1. The van der Waals surface area contributed by atoms with Gasteiger partial charge in [0.15, 0.2) is 0 Å². The molecule has 0 amide bonds. The lowest BCUT2D eigenvalue weighted by Gasteiger charge is -2.28. The van der Waals surface area contributed by atoms with Gasteiger partial charge in [0.2, 0.25) is 0 Å². The molecule has 0 spiro atoms. The van der Waals surface area contributed by atoms with E-state index in [2.05, 4.69) is 164 Å². The van der Waals surface area contributed by atoms with Crippen LogP contribution in [0.3, 0.4) is 0 Å². The molecule has 2 aliphatic rings.